The number of benzene rings is 3. The van der Waals surface area contributed by atoms with Crippen molar-refractivity contribution in [1.82, 2.24) is 0 Å². The van der Waals surface area contributed by atoms with E-state index in [-0.39, 0.29) is 24.1 Å². The topological polar surface area (TPSA) is 78.9 Å². The molecule has 4 rings (SSSR count). The van der Waals surface area contributed by atoms with E-state index in [4.69, 9.17) is 14.2 Å². The van der Waals surface area contributed by atoms with Crippen molar-refractivity contribution < 1.29 is 27.4 Å². The largest absolute Gasteiger partial charge is 0.493 e. The second kappa shape index (κ2) is 8.67. The van der Waals surface area contributed by atoms with Gasteiger partial charge in [0.1, 0.15) is 13.2 Å². The number of rotatable bonds is 7. The average Bonchev–Trinajstić information content (AvgIpc) is 3.16. The molecular weight excluding hydrogens is 428 g/mol. The van der Waals surface area contributed by atoms with Gasteiger partial charge in [-0.15, -0.1) is 0 Å². The first-order valence-electron chi connectivity index (χ1n) is 10.2. The minimum Gasteiger partial charge on any atom is -0.493 e. The lowest BCUT2D eigenvalue weighted by Crippen LogP contribution is -2.03. The summed E-state index contributed by atoms with van der Waals surface area (Å²) in [5.74, 6) is 0.953. The van der Waals surface area contributed by atoms with E-state index in [2.05, 4.69) is 0 Å². The van der Waals surface area contributed by atoms with Gasteiger partial charge in [0, 0.05) is 17.4 Å². The van der Waals surface area contributed by atoms with E-state index in [1.165, 1.54) is 6.26 Å². The maximum Gasteiger partial charge on any atom is 0.338 e. The lowest BCUT2D eigenvalue weighted by molar-refractivity contribution is 0.0535. The molecule has 0 aliphatic carbocycles. The van der Waals surface area contributed by atoms with Gasteiger partial charge >= 0.3 is 5.97 Å². The normalized spacial score (nSPS) is 12.9. The summed E-state index contributed by atoms with van der Waals surface area (Å²) in [6, 6.07) is 16.2. The Morgan fingerprint density at radius 2 is 1.69 bits per heavy atom. The van der Waals surface area contributed by atoms with Crippen LogP contribution in [-0.4, -0.2) is 27.8 Å². The Kier molecular flexibility index (Phi) is 5.93. The molecule has 0 radical (unpaired) electrons. The number of esters is 1. The van der Waals surface area contributed by atoms with Crippen molar-refractivity contribution in [3.8, 4) is 22.6 Å². The van der Waals surface area contributed by atoms with Crippen molar-refractivity contribution in [3.05, 3.63) is 76.9 Å². The lowest BCUT2D eigenvalue weighted by atomic mass is 9.97. The Morgan fingerprint density at radius 1 is 0.969 bits per heavy atom. The van der Waals surface area contributed by atoms with E-state index >= 15 is 0 Å². The van der Waals surface area contributed by atoms with E-state index < -0.39 is 9.84 Å². The zero-order chi connectivity index (χ0) is 22.9. The molecule has 0 aromatic heterocycles. The molecule has 7 heteroatoms. The Labute approximate surface area is 187 Å². The predicted molar refractivity (Wildman–Crippen MR) is 121 cm³/mol. The number of methoxy groups -OCH3 is 1. The van der Waals surface area contributed by atoms with Crippen LogP contribution in [0.25, 0.3) is 11.1 Å². The molecule has 166 valence electrons. The molecule has 1 heterocycles. The van der Waals surface area contributed by atoms with Gasteiger partial charge < -0.3 is 14.2 Å². The maximum atomic E-state index is 11.8. The predicted octanol–water partition coefficient (Wildman–Crippen LogP) is 4.58. The summed E-state index contributed by atoms with van der Waals surface area (Å²) < 4.78 is 40.5. The van der Waals surface area contributed by atoms with E-state index in [0.717, 1.165) is 34.2 Å². The Hall–Kier alpha value is -3.32. The maximum absolute atomic E-state index is 11.8. The van der Waals surface area contributed by atoms with Crippen molar-refractivity contribution in [2.75, 3.05) is 13.4 Å². The highest BCUT2D eigenvalue weighted by molar-refractivity contribution is 7.90. The van der Waals surface area contributed by atoms with Crippen molar-refractivity contribution >= 4 is 15.8 Å². The third-order valence-corrected chi connectivity index (χ3v) is 6.64. The van der Waals surface area contributed by atoms with E-state index in [1.54, 1.807) is 37.4 Å². The van der Waals surface area contributed by atoms with Crippen LogP contribution >= 0.6 is 0 Å². The van der Waals surface area contributed by atoms with Crippen LogP contribution in [-0.2, 0) is 34.2 Å². The molecule has 0 unspecified atom stereocenters. The van der Waals surface area contributed by atoms with E-state index in [9.17, 15) is 13.2 Å². The number of cyclic esters (lactones) is 1. The monoisotopic (exact) mass is 452 g/mol. The van der Waals surface area contributed by atoms with Gasteiger partial charge in [0.25, 0.3) is 0 Å². The van der Waals surface area contributed by atoms with E-state index in [0.29, 0.717) is 17.1 Å². The van der Waals surface area contributed by atoms with Crippen LogP contribution in [0.15, 0.2) is 59.5 Å². The smallest absolute Gasteiger partial charge is 0.338 e. The summed E-state index contributed by atoms with van der Waals surface area (Å²) in [4.78, 5) is 12.1. The third-order valence-electron chi connectivity index (χ3n) is 5.51. The van der Waals surface area contributed by atoms with Crippen LogP contribution < -0.4 is 9.47 Å². The number of carbonyl (C=O) groups excluding carboxylic acids is 1. The van der Waals surface area contributed by atoms with Gasteiger partial charge in [-0.3, -0.25) is 0 Å². The van der Waals surface area contributed by atoms with Gasteiger partial charge in [-0.25, -0.2) is 13.2 Å². The minimum absolute atomic E-state index is 0.243. The molecule has 6 nitrogen and oxygen atoms in total. The molecule has 0 N–H and O–H groups in total. The zero-order valence-electron chi connectivity index (χ0n) is 18.2. The molecule has 0 saturated carbocycles. The highest BCUT2D eigenvalue weighted by Gasteiger charge is 2.23. The summed E-state index contributed by atoms with van der Waals surface area (Å²) in [5.41, 5.74) is 5.01. The first kappa shape index (κ1) is 21.9. The Bertz CT molecular complexity index is 1280. The Morgan fingerprint density at radius 3 is 2.34 bits per heavy atom. The van der Waals surface area contributed by atoms with Crippen molar-refractivity contribution in [2.24, 2.45) is 0 Å². The average molecular weight is 453 g/mol. The molecule has 32 heavy (non-hydrogen) atoms. The zero-order valence-corrected chi connectivity index (χ0v) is 19.0. The fourth-order valence-electron chi connectivity index (χ4n) is 3.77. The summed E-state index contributed by atoms with van der Waals surface area (Å²) in [6.07, 6.45) is 1.95. The number of hydrogen-bond donors (Lipinski definition) is 0. The molecule has 3 aromatic rings. The number of fused-ring (bicyclic) bond motifs is 1. The molecule has 1 aliphatic heterocycles. The molecule has 0 spiro atoms. The highest BCUT2D eigenvalue weighted by atomic mass is 32.2. The fraction of sp³-hybridized carbons (Fsp3) is 0.240. The van der Waals surface area contributed by atoms with Crippen LogP contribution in [0, 0.1) is 0 Å². The van der Waals surface area contributed by atoms with Crippen molar-refractivity contribution in [1.29, 1.82) is 0 Å². The summed E-state index contributed by atoms with van der Waals surface area (Å²) in [6.45, 7) is 2.55. The van der Waals surface area contributed by atoms with E-state index in [1.807, 2.05) is 31.2 Å². The molecule has 3 aromatic carbocycles. The van der Waals surface area contributed by atoms with Gasteiger partial charge in [-0.2, -0.15) is 0 Å². The molecule has 0 amide bonds. The number of ether oxygens (including phenoxy) is 3. The number of aryl methyl sites for hydroxylation is 1. The standard InChI is InChI=1S/C25H24O6S/c1-4-17-7-11-21(18-8-12-22-19(13-18)15-31-25(22)26)24(23(17)29-2)30-14-16-5-9-20(10-6-16)32(3,27)28/h5-13H,4,14-15H2,1-3H3. The van der Waals surface area contributed by atoms with Crippen molar-refractivity contribution in [3.63, 3.8) is 0 Å². The highest BCUT2D eigenvalue weighted by Crippen LogP contribution is 2.42. The van der Waals surface area contributed by atoms with Gasteiger partial charge in [0.15, 0.2) is 21.3 Å². The van der Waals surface area contributed by atoms with Crippen LogP contribution in [0.3, 0.4) is 0 Å². The van der Waals surface area contributed by atoms with Gasteiger partial charge in [-0.05, 0) is 47.4 Å². The second-order valence-corrected chi connectivity index (χ2v) is 9.66. The van der Waals surface area contributed by atoms with Crippen LogP contribution in [0.1, 0.15) is 34.0 Å². The fourth-order valence-corrected chi connectivity index (χ4v) is 4.40. The van der Waals surface area contributed by atoms with Crippen LogP contribution in [0.4, 0.5) is 0 Å². The molecular formula is C25H24O6S. The third kappa shape index (κ3) is 4.21. The van der Waals surface area contributed by atoms with Gasteiger partial charge in [-0.1, -0.05) is 37.3 Å². The summed E-state index contributed by atoms with van der Waals surface area (Å²) in [7, 11) is -1.64. The van der Waals surface area contributed by atoms with Crippen molar-refractivity contribution in [2.45, 2.75) is 31.5 Å². The lowest BCUT2D eigenvalue weighted by Gasteiger charge is -2.18. The summed E-state index contributed by atoms with van der Waals surface area (Å²) in [5, 5.41) is 0. The van der Waals surface area contributed by atoms with Gasteiger partial charge in [0.2, 0.25) is 0 Å². The SMILES string of the molecule is CCc1ccc(-c2ccc3c(c2)COC3=O)c(OCc2ccc(S(C)(=O)=O)cc2)c1OC. The molecule has 0 fully saturated rings. The first-order valence-corrected chi connectivity index (χ1v) is 12.1. The molecule has 0 saturated heterocycles. The quantitative estimate of drug-likeness (QED) is 0.489. The molecule has 0 atom stereocenters. The second-order valence-electron chi connectivity index (χ2n) is 7.64. The number of hydrogen-bond acceptors (Lipinski definition) is 6. The number of sulfone groups is 1. The minimum atomic E-state index is -3.25. The Balaban J connectivity index is 1.71. The molecule has 0 bridgehead atoms. The van der Waals surface area contributed by atoms with Crippen LogP contribution in [0.2, 0.25) is 0 Å². The van der Waals surface area contributed by atoms with Crippen LogP contribution in [0.5, 0.6) is 11.5 Å². The number of carbonyl (C=O) groups is 1. The first-order chi connectivity index (χ1) is 15.3. The molecule has 1 aliphatic rings. The van der Waals surface area contributed by atoms with Gasteiger partial charge in [0.05, 0.1) is 17.6 Å². The summed E-state index contributed by atoms with van der Waals surface area (Å²) >= 11 is 0.